The normalized spacial score (nSPS) is 10.4. The van der Waals surface area contributed by atoms with Crippen LogP contribution >= 0.6 is 0 Å². The Bertz CT molecular complexity index is 970. The minimum atomic E-state index is -0.236. The molecule has 0 fully saturated rings. The van der Waals surface area contributed by atoms with Crippen LogP contribution in [0, 0.1) is 0 Å². The zero-order chi connectivity index (χ0) is 19.9. The number of hydrogen-bond acceptors (Lipinski definition) is 4. The number of benzene rings is 2. The first kappa shape index (κ1) is 19.3. The number of Topliss-reactive ketones (excluding diaryl/α,β-unsaturated/α-hetero) is 1. The number of hydrogen-bond donors (Lipinski definition) is 1. The smallest absolute Gasteiger partial charge is 0.255 e. The van der Waals surface area contributed by atoms with Crippen molar-refractivity contribution in [3.05, 3.63) is 89.6 Å². The van der Waals surface area contributed by atoms with Crippen molar-refractivity contribution in [2.24, 2.45) is 0 Å². The van der Waals surface area contributed by atoms with E-state index in [0.717, 1.165) is 18.9 Å². The Hall–Kier alpha value is -3.47. The van der Waals surface area contributed by atoms with E-state index < -0.39 is 0 Å². The molecule has 142 valence electrons. The summed E-state index contributed by atoms with van der Waals surface area (Å²) in [5, 5.41) is 2.85. The molecule has 3 aromatic rings. The average molecular weight is 373 g/mol. The molecule has 0 unspecified atom stereocenters. The first-order valence-electron chi connectivity index (χ1n) is 9.24. The van der Waals surface area contributed by atoms with Crippen LogP contribution in [0.1, 0.15) is 40.1 Å². The average Bonchev–Trinajstić information content (AvgIpc) is 2.73. The summed E-state index contributed by atoms with van der Waals surface area (Å²) in [5.41, 5.74) is 2.85. The molecule has 3 rings (SSSR count). The molecule has 5 nitrogen and oxygen atoms in total. The highest BCUT2D eigenvalue weighted by Gasteiger charge is 2.12. The molecule has 0 spiro atoms. The maximum Gasteiger partial charge on any atom is 0.255 e. The van der Waals surface area contributed by atoms with Gasteiger partial charge < -0.3 is 10.2 Å². The minimum absolute atomic E-state index is 0.0400. The van der Waals surface area contributed by atoms with Gasteiger partial charge in [-0.15, -0.1) is 0 Å². The second-order valence-corrected chi connectivity index (χ2v) is 6.49. The largest absolute Gasteiger partial charge is 0.353 e. The van der Waals surface area contributed by atoms with Crippen LogP contribution in [0.3, 0.4) is 0 Å². The molecule has 0 bridgehead atoms. The zero-order valence-corrected chi connectivity index (χ0v) is 16.1. The zero-order valence-electron chi connectivity index (χ0n) is 16.1. The second kappa shape index (κ2) is 8.95. The van der Waals surface area contributed by atoms with Crippen LogP contribution in [0.25, 0.3) is 0 Å². The van der Waals surface area contributed by atoms with Gasteiger partial charge in [0.25, 0.3) is 5.91 Å². The Kier molecular flexibility index (Phi) is 6.17. The summed E-state index contributed by atoms with van der Waals surface area (Å²) >= 11 is 0. The number of rotatable bonds is 7. The number of pyridine rings is 1. The van der Waals surface area contributed by atoms with Crippen LogP contribution in [0.15, 0.2) is 72.9 Å². The number of carbonyl (C=O) groups is 2. The van der Waals surface area contributed by atoms with Crippen molar-refractivity contribution >= 4 is 23.2 Å². The molecule has 0 aliphatic heterocycles. The molecule has 1 aromatic heterocycles. The second-order valence-electron chi connectivity index (χ2n) is 6.49. The summed E-state index contributed by atoms with van der Waals surface area (Å²) in [6.45, 7) is 5.05. The molecule has 0 aliphatic carbocycles. The molecular formula is C23H23N3O2. The van der Waals surface area contributed by atoms with Crippen LogP contribution in [-0.4, -0.2) is 23.2 Å². The number of ketones is 1. The topological polar surface area (TPSA) is 62.3 Å². The van der Waals surface area contributed by atoms with Crippen molar-refractivity contribution in [3.8, 4) is 0 Å². The molecule has 1 amide bonds. The third kappa shape index (κ3) is 4.82. The SMILES string of the molecule is CCN(Cc1ccccc1)c1cc(C(=O)Nc2cccc(C(C)=O)c2)ccn1. The molecule has 1 N–H and O–H groups in total. The van der Waals surface area contributed by atoms with Crippen LogP contribution in [-0.2, 0) is 6.54 Å². The van der Waals surface area contributed by atoms with E-state index in [1.165, 1.54) is 12.5 Å². The Morgan fingerprint density at radius 3 is 2.46 bits per heavy atom. The van der Waals surface area contributed by atoms with Crippen molar-refractivity contribution in [2.45, 2.75) is 20.4 Å². The van der Waals surface area contributed by atoms with Crippen molar-refractivity contribution in [1.29, 1.82) is 0 Å². The fourth-order valence-electron chi connectivity index (χ4n) is 2.91. The Morgan fingerprint density at radius 2 is 1.75 bits per heavy atom. The lowest BCUT2D eigenvalue weighted by molar-refractivity contribution is 0.101. The molecule has 0 saturated heterocycles. The fraction of sp³-hybridized carbons (Fsp3) is 0.174. The van der Waals surface area contributed by atoms with E-state index in [9.17, 15) is 9.59 Å². The molecule has 0 aliphatic rings. The predicted octanol–water partition coefficient (Wildman–Crippen LogP) is 4.56. The van der Waals surface area contributed by atoms with Gasteiger partial charge in [-0.05, 0) is 43.7 Å². The van der Waals surface area contributed by atoms with Crippen molar-refractivity contribution < 1.29 is 9.59 Å². The summed E-state index contributed by atoms with van der Waals surface area (Å²) in [6.07, 6.45) is 1.64. The molecule has 0 atom stereocenters. The Labute approximate surface area is 165 Å². The van der Waals surface area contributed by atoms with E-state index >= 15 is 0 Å². The van der Waals surface area contributed by atoms with Crippen LogP contribution < -0.4 is 10.2 Å². The van der Waals surface area contributed by atoms with Crippen LogP contribution in [0.2, 0.25) is 0 Å². The van der Waals surface area contributed by atoms with E-state index in [4.69, 9.17) is 0 Å². The minimum Gasteiger partial charge on any atom is -0.353 e. The van der Waals surface area contributed by atoms with Crippen molar-refractivity contribution in [1.82, 2.24) is 4.98 Å². The third-order valence-electron chi connectivity index (χ3n) is 4.46. The first-order valence-corrected chi connectivity index (χ1v) is 9.24. The van der Waals surface area contributed by atoms with E-state index in [0.29, 0.717) is 16.8 Å². The summed E-state index contributed by atoms with van der Waals surface area (Å²) < 4.78 is 0. The number of amides is 1. The fourth-order valence-corrected chi connectivity index (χ4v) is 2.91. The van der Waals surface area contributed by atoms with Gasteiger partial charge in [-0.3, -0.25) is 9.59 Å². The van der Waals surface area contributed by atoms with Gasteiger partial charge in [0.15, 0.2) is 5.78 Å². The highest BCUT2D eigenvalue weighted by molar-refractivity contribution is 6.05. The summed E-state index contributed by atoms with van der Waals surface area (Å²) in [4.78, 5) is 30.8. The van der Waals surface area contributed by atoms with Crippen molar-refractivity contribution in [3.63, 3.8) is 0 Å². The maximum atomic E-state index is 12.7. The molecule has 0 radical (unpaired) electrons. The molecular weight excluding hydrogens is 350 g/mol. The molecule has 1 heterocycles. The third-order valence-corrected chi connectivity index (χ3v) is 4.46. The Morgan fingerprint density at radius 1 is 0.964 bits per heavy atom. The van der Waals surface area contributed by atoms with Gasteiger partial charge in [0.1, 0.15) is 5.82 Å². The van der Waals surface area contributed by atoms with E-state index in [2.05, 4.69) is 34.3 Å². The van der Waals surface area contributed by atoms with Crippen molar-refractivity contribution in [2.75, 3.05) is 16.8 Å². The van der Waals surface area contributed by atoms with E-state index in [-0.39, 0.29) is 11.7 Å². The van der Waals surface area contributed by atoms with Gasteiger partial charge in [0, 0.05) is 36.1 Å². The van der Waals surface area contributed by atoms with Gasteiger partial charge >= 0.3 is 0 Å². The number of aromatic nitrogens is 1. The molecule has 0 saturated carbocycles. The van der Waals surface area contributed by atoms with Crippen LogP contribution in [0.5, 0.6) is 0 Å². The number of nitrogens with one attached hydrogen (secondary N) is 1. The monoisotopic (exact) mass is 373 g/mol. The number of nitrogens with zero attached hydrogens (tertiary/aromatic N) is 2. The lowest BCUT2D eigenvalue weighted by Gasteiger charge is -2.22. The van der Waals surface area contributed by atoms with Gasteiger partial charge in [0.2, 0.25) is 0 Å². The number of anilines is 2. The highest BCUT2D eigenvalue weighted by atomic mass is 16.1. The highest BCUT2D eigenvalue weighted by Crippen LogP contribution is 2.18. The summed E-state index contributed by atoms with van der Waals surface area (Å²) in [7, 11) is 0. The van der Waals surface area contributed by atoms with Gasteiger partial charge in [-0.1, -0.05) is 42.5 Å². The summed E-state index contributed by atoms with van der Waals surface area (Å²) in [6, 6.07) is 20.5. The van der Waals surface area contributed by atoms with E-state index in [1.807, 2.05) is 18.2 Å². The lowest BCUT2D eigenvalue weighted by Crippen LogP contribution is -2.23. The van der Waals surface area contributed by atoms with E-state index in [1.54, 1.807) is 42.6 Å². The lowest BCUT2D eigenvalue weighted by atomic mass is 10.1. The summed E-state index contributed by atoms with van der Waals surface area (Å²) in [5.74, 6) is 0.471. The molecule has 2 aromatic carbocycles. The van der Waals surface area contributed by atoms with Crippen LogP contribution in [0.4, 0.5) is 11.5 Å². The Balaban J connectivity index is 1.77. The predicted molar refractivity (Wildman–Crippen MR) is 112 cm³/mol. The molecule has 5 heteroatoms. The maximum absolute atomic E-state index is 12.7. The molecule has 28 heavy (non-hydrogen) atoms. The standard InChI is InChI=1S/C23H23N3O2/c1-3-26(16-18-8-5-4-6-9-18)22-15-20(12-13-24-22)23(28)25-21-11-7-10-19(14-21)17(2)27/h4-15H,3,16H2,1-2H3,(H,25,28). The first-order chi connectivity index (χ1) is 13.6. The quantitative estimate of drug-likeness (QED) is 0.617. The van der Waals surface area contributed by atoms with Gasteiger partial charge in [-0.25, -0.2) is 4.98 Å². The number of carbonyl (C=O) groups excluding carboxylic acids is 2. The van der Waals surface area contributed by atoms with Gasteiger partial charge in [0.05, 0.1) is 0 Å². The van der Waals surface area contributed by atoms with Gasteiger partial charge in [-0.2, -0.15) is 0 Å².